The molecule has 1 aliphatic heterocycles. The summed E-state index contributed by atoms with van der Waals surface area (Å²) in [6, 6.07) is 0.209. The van der Waals surface area contributed by atoms with E-state index >= 15 is 0 Å². The third kappa shape index (κ3) is 3.06. The van der Waals surface area contributed by atoms with E-state index in [0.717, 1.165) is 62.6 Å². The Kier molecular flexibility index (Phi) is 4.29. The topological polar surface area (TPSA) is 75.4 Å². The summed E-state index contributed by atoms with van der Waals surface area (Å²) in [6.07, 6.45) is 4.57. The van der Waals surface area contributed by atoms with E-state index in [1.54, 1.807) is 6.20 Å². The summed E-state index contributed by atoms with van der Waals surface area (Å²) in [7, 11) is 0. The fourth-order valence-corrected chi connectivity index (χ4v) is 3.46. The zero-order valence-electron chi connectivity index (χ0n) is 13.5. The summed E-state index contributed by atoms with van der Waals surface area (Å²) in [6.45, 7) is 7.12. The molecule has 2 aliphatic rings. The number of aromatic nitrogens is 2. The van der Waals surface area contributed by atoms with Gasteiger partial charge in [-0.2, -0.15) is 0 Å². The molecule has 2 fully saturated rings. The Hall–Kier alpha value is -1.69. The smallest absolute Gasteiger partial charge is 0.225 e. The van der Waals surface area contributed by atoms with Gasteiger partial charge in [0.15, 0.2) is 0 Å². The van der Waals surface area contributed by atoms with Gasteiger partial charge in [0.1, 0.15) is 5.82 Å². The molecule has 1 saturated carbocycles. The van der Waals surface area contributed by atoms with Gasteiger partial charge < -0.3 is 15.5 Å². The summed E-state index contributed by atoms with van der Waals surface area (Å²) in [5.41, 5.74) is 7.81. The quantitative estimate of drug-likeness (QED) is 0.877. The lowest BCUT2D eigenvalue weighted by Gasteiger charge is -2.37. The molecule has 120 valence electrons. The Morgan fingerprint density at radius 1 is 1.23 bits per heavy atom. The molecule has 2 N–H and O–H groups in total. The maximum Gasteiger partial charge on any atom is 0.225 e. The second-order valence-corrected chi connectivity index (χ2v) is 6.50. The van der Waals surface area contributed by atoms with Crippen LogP contribution in [0.15, 0.2) is 6.20 Å². The second kappa shape index (κ2) is 6.20. The van der Waals surface area contributed by atoms with Gasteiger partial charge in [0.25, 0.3) is 0 Å². The number of nitrogens with zero attached hydrogens (tertiary/aromatic N) is 4. The van der Waals surface area contributed by atoms with Crippen molar-refractivity contribution in [2.45, 2.75) is 39.2 Å². The van der Waals surface area contributed by atoms with Crippen LogP contribution in [-0.4, -0.2) is 53.0 Å². The Labute approximate surface area is 131 Å². The number of nitrogens with two attached hydrogens (primary N) is 1. The number of anilines is 1. The van der Waals surface area contributed by atoms with Gasteiger partial charge in [-0.15, -0.1) is 0 Å². The monoisotopic (exact) mass is 303 g/mol. The molecule has 1 aromatic rings. The molecule has 6 heteroatoms. The SMILES string of the molecule is Cc1cnc(C)c(N2CCN(C(=O)C3CCC(N)C3)CC2)n1. The highest BCUT2D eigenvalue weighted by Gasteiger charge is 2.32. The van der Waals surface area contributed by atoms with Crippen molar-refractivity contribution in [3.8, 4) is 0 Å². The highest BCUT2D eigenvalue weighted by Crippen LogP contribution is 2.27. The molecule has 0 radical (unpaired) electrons. The Bertz CT molecular complexity index is 553. The van der Waals surface area contributed by atoms with Gasteiger partial charge in [0.2, 0.25) is 5.91 Å². The molecule has 3 rings (SSSR count). The summed E-state index contributed by atoms with van der Waals surface area (Å²) in [4.78, 5) is 25.7. The molecule has 6 nitrogen and oxygen atoms in total. The molecular formula is C16H25N5O. The van der Waals surface area contributed by atoms with Crippen LogP contribution in [0.25, 0.3) is 0 Å². The predicted molar refractivity (Wildman–Crippen MR) is 85.6 cm³/mol. The Morgan fingerprint density at radius 3 is 2.59 bits per heavy atom. The average molecular weight is 303 g/mol. The molecule has 0 aromatic carbocycles. The van der Waals surface area contributed by atoms with Crippen molar-refractivity contribution in [2.75, 3.05) is 31.1 Å². The van der Waals surface area contributed by atoms with Crippen LogP contribution in [0.2, 0.25) is 0 Å². The highest BCUT2D eigenvalue weighted by molar-refractivity contribution is 5.79. The van der Waals surface area contributed by atoms with Crippen LogP contribution in [0.4, 0.5) is 5.82 Å². The zero-order valence-corrected chi connectivity index (χ0v) is 13.5. The first kappa shape index (κ1) is 15.2. The first-order chi connectivity index (χ1) is 10.5. The number of piperazine rings is 1. The zero-order chi connectivity index (χ0) is 15.7. The van der Waals surface area contributed by atoms with E-state index in [9.17, 15) is 4.79 Å². The first-order valence-corrected chi connectivity index (χ1v) is 8.14. The lowest BCUT2D eigenvalue weighted by Crippen LogP contribution is -2.50. The fourth-order valence-electron chi connectivity index (χ4n) is 3.46. The standard InChI is InChI=1S/C16H25N5O/c1-11-10-18-12(2)15(19-11)20-5-7-21(8-6-20)16(22)13-3-4-14(17)9-13/h10,13-14H,3-9,17H2,1-2H3. The largest absolute Gasteiger partial charge is 0.352 e. The van der Waals surface area contributed by atoms with Crippen LogP contribution in [0.3, 0.4) is 0 Å². The van der Waals surface area contributed by atoms with Gasteiger partial charge in [-0.1, -0.05) is 0 Å². The normalized spacial score (nSPS) is 25.6. The molecule has 2 atom stereocenters. The molecule has 1 saturated heterocycles. The molecule has 0 spiro atoms. The summed E-state index contributed by atoms with van der Waals surface area (Å²) >= 11 is 0. The third-order valence-electron chi connectivity index (χ3n) is 4.76. The predicted octanol–water partition coefficient (Wildman–Crippen LogP) is 0.869. The molecule has 1 aliphatic carbocycles. The van der Waals surface area contributed by atoms with E-state index in [2.05, 4.69) is 14.9 Å². The molecule has 2 heterocycles. The van der Waals surface area contributed by atoms with E-state index in [1.807, 2.05) is 18.7 Å². The fraction of sp³-hybridized carbons (Fsp3) is 0.688. The first-order valence-electron chi connectivity index (χ1n) is 8.14. The number of hydrogen-bond donors (Lipinski definition) is 1. The minimum atomic E-state index is 0.141. The summed E-state index contributed by atoms with van der Waals surface area (Å²) in [5, 5.41) is 0. The Morgan fingerprint density at radius 2 is 1.95 bits per heavy atom. The summed E-state index contributed by atoms with van der Waals surface area (Å²) in [5.74, 6) is 1.39. The van der Waals surface area contributed by atoms with Gasteiger partial charge in [-0.3, -0.25) is 9.78 Å². The molecule has 1 amide bonds. The molecule has 22 heavy (non-hydrogen) atoms. The Balaban J connectivity index is 1.60. The van der Waals surface area contributed by atoms with Crippen molar-refractivity contribution >= 4 is 11.7 Å². The average Bonchev–Trinajstić information content (AvgIpc) is 2.96. The van der Waals surface area contributed by atoms with Gasteiger partial charge in [-0.25, -0.2) is 4.98 Å². The number of carbonyl (C=O) groups excluding carboxylic acids is 1. The highest BCUT2D eigenvalue weighted by atomic mass is 16.2. The van der Waals surface area contributed by atoms with E-state index in [0.29, 0.717) is 5.91 Å². The van der Waals surface area contributed by atoms with E-state index in [-0.39, 0.29) is 12.0 Å². The van der Waals surface area contributed by atoms with E-state index < -0.39 is 0 Å². The van der Waals surface area contributed by atoms with Gasteiger partial charge in [-0.05, 0) is 33.1 Å². The second-order valence-electron chi connectivity index (χ2n) is 6.50. The van der Waals surface area contributed by atoms with Crippen LogP contribution in [-0.2, 0) is 4.79 Å². The van der Waals surface area contributed by atoms with Crippen LogP contribution in [0, 0.1) is 19.8 Å². The van der Waals surface area contributed by atoms with Crippen molar-refractivity contribution in [1.82, 2.24) is 14.9 Å². The number of carbonyl (C=O) groups is 1. The number of hydrogen-bond acceptors (Lipinski definition) is 5. The summed E-state index contributed by atoms with van der Waals surface area (Å²) < 4.78 is 0. The van der Waals surface area contributed by atoms with Gasteiger partial charge >= 0.3 is 0 Å². The van der Waals surface area contributed by atoms with Gasteiger partial charge in [0, 0.05) is 44.3 Å². The maximum atomic E-state index is 12.5. The van der Waals surface area contributed by atoms with Crippen molar-refractivity contribution < 1.29 is 4.79 Å². The van der Waals surface area contributed by atoms with Crippen molar-refractivity contribution in [1.29, 1.82) is 0 Å². The van der Waals surface area contributed by atoms with Crippen molar-refractivity contribution in [3.63, 3.8) is 0 Å². The van der Waals surface area contributed by atoms with Crippen molar-refractivity contribution in [3.05, 3.63) is 17.6 Å². The maximum absolute atomic E-state index is 12.5. The van der Waals surface area contributed by atoms with E-state index in [1.165, 1.54) is 0 Å². The third-order valence-corrected chi connectivity index (χ3v) is 4.76. The van der Waals surface area contributed by atoms with Crippen LogP contribution in [0.1, 0.15) is 30.7 Å². The van der Waals surface area contributed by atoms with Crippen molar-refractivity contribution in [2.24, 2.45) is 11.7 Å². The lowest BCUT2D eigenvalue weighted by atomic mass is 10.1. The van der Waals surface area contributed by atoms with Gasteiger partial charge in [0.05, 0.1) is 11.4 Å². The van der Waals surface area contributed by atoms with Crippen LogP contribution >= 0.6 is 0 Å². The minimum absolute atomic E-state index is 0.141. The number of aryl methyl sites for hydroxylation is 2. The van der Waals surface area contributed by atoms with Crippen LogP contribution < -0.4 is 10.6 Å². The molecule has 1 aromatic heterocycles. The lowest BCUT2D eigenvalue weighted by molar-refractivity contribution is -0.135. The number of amides is 1. The molecule has 2 unspecified atom stereocenters. The molecular weight excluding hydrogens is 278 g/mol. The molecule has 0 bridgehead atoms. The van der Waals surface area contributed by atoms with E-state index in [4.69, 9.17) is 5.73 Å². The number of rotatable bonds is 2. The van der Waals surface area contributed by atoms with Crippen LogP contribution in [0.5, 0.6) is 0 Å². The minimum Gasteiger partial charge on any atom is -0.352 e.